The van der Waals surface area contributed by atoms with E-state index in [-0.39, 0.29) is 22.3 Å². The maximum atomic E-state index is 13.4. The third-order valence-corrected chi connectivity index (χ3v) is 5.82. The van der Waals surface area contributed by atoms with E-state index in [4.69, 9.17) is 4.74 Å². The Balaban J connectivity index is 1.43. The van der Waals surface area contributed by atoms with Gasteiger partial charge in [0.25, 0.3) is 23.6 Å². The van der Waals surface area contributed by atoms with Crippen molar-refractivity contribution in [2.24, 2.45) is 0 Å². The van der Waals surface area contributed by atoms with E-state index >= 15 is 0 Å². The standard InChI is InChI=1S/C26H14N2O5/c29-23-17-10-12-19-22-20(13-11-18(21(17)22)24(30)27-23)26(32)28(25(19)31)14-6-8-16(9-7-14)33-15-4-2-1-3-5-15/h1-13H,(H,27,29,30). The van der Waals surface area contributed by atoms with E-state index in [0.717, 1.165) is 4.90 Å². The molecule has 7 heteroatoms. The Kier molecular flexibility index (Phi) is 3.94. The van der Waals surface area contributed by atoms with Crippen molar-refractivity contribution in [1.29, 1.82) is 0 Å². The number of benzene rings is 4. The summed E-state index contributed by atoms with van der Waals surface area (Å²) in [6, 6.07) is 22.0. The van der Waals surface area contributed by atoms with Gasteiger partial charge in [-0.25, -0.2) is 4.90 Å². The first-order valence-electron chi connectivity index (χ1n) is 10.2. The average Bonchev–Trinajstić information content (AvgIpc) is 2.83. The predicted octanol–water partition coefficient (Wildman–Crippen LogP) is 4.32. The molecule has 0 atom stereocenters. The highest BCUT2D eigenvalue weighted by Gasteiger charge is 2.37. The van der Waals surface area contributed by atoms with Gasteiger partial charge in [-0.3, -0.25) is 24.5 Å². The van der Waals surface area contributed by atoms with E-state index in [0.29, 0.717) is 28.0 Å². The van der Waals surface area contributed by atoms with Gasteiger partial charge in [0.05, 0.1) is 5.69 Å². The molecular weight excluding hydrogens is 420 g/mol. The van der Waals surface area contributed by atoms with Crippen molar-refractivity contribution in [1.82, 2.24) is 5.32 Å². The zero-order chi connectivity index (χ0) is 22.7. The van der Waals surface area contributed by atoms with Crippen molar-refractivity contribution in [3.63, 3.8) is 0 Å². The molecule has 2 aliphatic heterocycles. The van der Waals surface area contributed by atoms with Gasteiger partial charge in [0.15, 0.2) is 0 Å². The number of ether oxygens (including phenoxy) is 1. The van der Waals surface area contributed by atoms with Gasteiger partial charge in [-0.1, -0.05) is 18.2 Å². The number of imide groups is 2. The number of anilines is 1. The lowest BCUT2D eigenvalue weighted by Gasteiger charge is -2.29. The minimum Gasteiger partial charge on any atom is -0.457 e. The first kappa shape index (κ1) is 18.9. The van der Waals surface area contributed by atoms with Crippen LogP contribution in [0.1, 0.15) is 41.4 Å². The van der Waals surface area contributed by atoms with Crippen LogP contribution in [0, 0.1) is 0 Å². The Bertz CT molecular complexity index is 1460. The number of nitrogens with zero attached hydrogens (tertiary/aromatic N) is 1. The fraction of sp³-hybridized carbons (Fsp3) is 0. The molecule has 7 nitrogen and oxygen atoms in total. The molecule has 4 aromatic carbocycles. The number of rotatable bonds is 3. The summed E-state index contributed by atoms with van der Waals surface area (Å²) in [7, 11) is 0. The maximum absolute atomic E-state index is 13.4. The summed E-state index contributed by atoms with van der Waals surface area (Å²) in [4.78, 5) is 52.4. The van der Waals surface area contributed by atoms with Crippen LogP contribution in [0.4, 0.5) is 5.69 Å². The van der Waals surface area contributed by atoms with Gasteiger partial charge < -0.3 is 4.74 Å². The van der Waals surface area contributed by atoms with Crippen LogP contribution >= 0.6 is 0 Å². The first-order chi connectivity index (χ1) is 16.0. The summed E-state index contributed by atoms with van der Waals surface area (Å²) < 4.78 is 5.78. The lowest BCUT2D eigenvalue weighted by molar-refractivity contribution is 0.0837. The fourth-order valence-corrected chi connectivity index (χ4v) is 4.32. The maximum Gasteiger partial charge on any atom is 0.265 e. The third kappa shape index (κ3) is 2.76. The van der Waals surface area contributed by atoms with Crippen molar-refractivity contribution >= 4 is 40.1 Å². The Hall–Kier alpha value is -4.78. The van der Waals surface area contributed by atoms with Gasteiger partial charge in [0, 0.05) is 33.0 Å². The number of hydrogen-bond donors (Lipinski definition) is 1. The van der Waals surface area contributed by atoms with E-state index in [1.165, 1.54) is 24.3 Å². The van der Waals surface area contributed by atoms with Gasteiger partial charge >= 0.3 is 0 Å². The minimum atomic E-state index is -0.549. The van der Waals surface area contributed by atoms with Crippen LogP contribution in [-0.4, -0.2) is 23.6 Å². The second-order valence-corrected chi connectivity index (χ2v) is 7.71. The van der Waals surface area contributed by atoms with Crippen molar-refractivity contribution in [3.05, 3.63) is 101 Å². The number of para-hydroxylation sites is 1. The SMILES string of the molecule is O=C1NC(=O)c2ccc3c4c(ccc1c24)C(=O)N(c1ccc(Oc2ccccc2)cc1)C3=O. The lowest BCUT2D eigenvalue weighted by atomic mass is 9.86. The molecule has 0 aliphatic carbocycles. The van der Waals surface area contributed by atoms with Gasteiger partial charge in [-0.15, -0.1) is 0 Å². The summed E-state index contributed by atoms with van der Waals surface area (Å²) in [6.07, 6.45) is 0. The summed E-state index contributed by atoms with van der Waals surface area (Å²) in [6.45, 7) is 0. The summed E-state index contributed by atoms with van der Waals surface area (Å²) in [5, 5.41) is 2.96. The molecule has 33 heavy (non-hydrogen) atoms. The Morgan fingerprint density at radius 2 is 1.03 bits per heavy atom. The van der Waals surface area contributed by atoms with E-state index in [9.17, 15) is 19.2 Å². The van der Waals surface area contributed by atoms with Gasteiger partial charge in [-0.2, -0.15) is 0 Å². The number of hydrogen-bond acceptors (Lipinski definition) is 5. The first-order valence-corrected chi connectivity index (χ1v) is 10.2. The molecule has 1 N–H and O–H groups in total. The third-order valence-electron chi connectivity index (χ3n) is 5.82. The van der Waals surface area contributed by atoms with E-state index in [2.05, 4.69) is 5.32 Å². The molecule has 4 aromatic rings. The Morgan fingerprint density at radius 1 is 0.545 bits per heavy atom. The Morgan fingerprint density at radius 3 is 1.61 bits per heavy atom. The summed E-state index contributed by atoms with van der Waals surface area (Å²) >= 11 is 0. The smallest absolute Gasteiger partial charge is 0.265 e. The number of nitrogens with one attached hydrogen (secondary N) is 1. The van der Waals surface area contributed by atoms with Crippen LogP contribution in [0.15, 0.2) is 78.9 Å². The zero-order valence-corrected chi connectivity index (χ0v) is 17.0. The topological polar surface area (TPSA) is 92.8 Å². The molecule has 4 amide bonds. The van der Waals surface area contributed by atoms with Crippen molar-refractivity contribution in [2.45, 2.75) is 0 Å². The zero-order valence-electron chi connectivity index (χ0n) is 17.0. The highest BCUT2D eigenvalue weighted by atomic mass is 16.5. The Labute approximate surface area is 187 Å². The number of carbonyl (C=O) groups excluding carboxylic acids is 4. The molecule has 0 saturated carbocycles. The van der Waals surface area contributed by atoms with Crippen molar-refractivity contribution in [2.75, 3.05) is 4.90 Å². The number of amides is 4. The van der Waals surface area contributed by atoms with Crippen LogP contribution in [0.25, 0.3) is 10.8 Å². The molecule has 0 fully saturated rings. The molecule has 158 valence electrons. The van der Waals surface area contributed by atoms with Crippen molar-refractivity contribution in [3.8, 4) is 11.5 Å². The van der Waals surface area contributed by atoms with Crippen LogP contribution in [-0.2, 0) is 0 Å². The minimum absolute atomic E-state index is 0.261. The van der Waals surface area contributed by atoms with Crippen LogP contribution in [0.2, 0.25) is 0 Å². The van der Waals surface area contributed by atoms with Crippen LogP contribution in [0.3, 0.4) is 0 Å². The summed E-state index contributed by atoms with van der Waals surface area (Å²) in [5.74, 6) is -0.911. The second-order valence-electron chi connectivity index (χ2n) is 7.71. The quantitative estimate of drug-likeness (QED) is 0.485. The highest BCUT2D eigenvalue weighted by Crippen LogP contribution is 2.38. The predicted molar refractivity (Wildman–Crippen MR) is 120 cm³/mol. The molecule has 6 rings (SSSR count). The van der Waals surface area contributed by atoms with E-state index in [1.807, 2.05) is 30.3 Å². The molecule has 0 saturated heterocycles. The summed E-state index contributed by atoms with van der Waals surface area (Å²) in [5.41, 5.74) is 1.44. The van der Waals surface area contributed by atoms with Gasteiger partial charge in [-0.05, 0) is 60.7 Å². The molecule has 0 radical (unpaired) electrons. The van der Waals surface area contributed by atoms with E-state index in [1.54, 1.807) is 24.3 Å². The number of carbonyl (C=O) groups is 4. The van der Waals surface area contributed by atoms with Crippen LogP contribution < -0.4 is 15.0 Å². The highest BCUT2D eigenvalue weighted by molar-refractivity contribution is 6.39. The molecule has 0 unspecified atom stereocenters. The van der Waals surface area contributed by atoms with Crippen molar-refractivity contribution < 1.29 is 23.9 Å². The lowest BCUT2D eigenvalue weighted by Crippen LogP contribution is -2.42. The average molecular weight is 434 g/mol. The van der Waals surface area contributed by atoms with E-state index < -0.39 is 23.6 Å². The van der Waals surface area contributed by atoms with Gasteiger partial charge in [0.1, 0.15) is 11.5 Å². The largest absolute Gasteiger partial charge is 0.457 e. The molecule has 0 spiro atoms. The molecule has 2 heterocycles. The molecule has 0 bridgehead atoms. The monoisotopic (exact) mass is 434 g/mol. The molecule has 0 aromatic heterocycles. The normalized spacial score (nSPS) is 14.5. The second kappa shape index (κ2) is 6.86. The fourth-order valence-electron chi connectivity index (χ4n) is 4.32. The van der Waals surface area contributed by atoms with Gasteiger partial charge in [0.2, 0.25) is 0 Å². The van der Waals surface area contributed by atoms with Crippen LogP contribution in [0.5, 0.6) is 11.5 Å². The molecular formula is C26H14N2O5. The molecule has 2 aliphatic rings.